The maximum Gasteiger partial charge on any atom is 0.338 e. The van der Waals surface area contributed by atoms with Gasteiger partial charge in [-0.1, -0.05) is 66.7 Å². The van der Waals surface area contributed by atoms with Gasteiger partial charge in [-0.25, -0.2) is 9.59 Å². The number of carbonyl (C=O) groups excluding carboxylic acids is 2. The fourth-order valence-corrected chi connectivity index (χ4v) is 2.11. The lowest BCUT2D eigenvalue weighted by Crippen LogP contribution is -2.06. The summed E-state index contributed by atoms with van der Waals surface area (Å²) in [4.78, 5) is 23.9. The summed E-state index contributed by atoms with van der Waals surface area (Å²) in [5.74, 6) is -0.910. The topological polar surface area (TPSA) is 52.6 Å². The SMILES string of the molecule is CCOC(=O)/C(=C\C=C\C(=O)OCc1ccccc1)c1ccccc1. The van der Waals surface area contributed by atoms with Gasteiger partial charge >= 0.3 is 11.9 Å². The molecule has 25 heavy (non-hydrogen) atoms. The average Bonchev–Trinajstić information content (AvgIpc) is 2.65. The van der Waals surface area contributed by atoms with Gasteiger partial charge in [0, 0.05) is 6.08 Å². The van der Waals surface area contributed by atoms with E-state index in [-0.39, 0.29) is 13.2 Å². The first-order valence-electron chi connectivity index (χ1n) is 8.02. The Morgan fingerprint density at radius 2 is 1.56 bits per heavy atom. The standard InChI is InChI=1S/C21H20O4/c1-2-24-21(23)19(18-12-7-4-8-13-18)14-9-15-20(22)25-16-17-10-5-3-6-11-17/h3-15H,2,16H2,1H3/b15-9+,19-14-. The fourth-order valence-electron chi connectivity index (χ4n) is 2.11. The molecule has 0 unspecified atom stereocenters. The van der Waals surface area contributed by atoms with Crippen LogP contribution in [0.3, 0.4) is 0 Å². The van der Waals surface area contributed by atoms with Gasteiger partial charge in [0.05, 0.1) is 12.2 Å². The molecule has 0 aromatic heterocycles. The summed E-state index contributed by atoms with van der Waals surface area (Å²) in [5, 5.41) is 0. The van der Waals surface area contributed by atoms with E-state index in [9.17, 15) is 9.59 Å². The second-order valence-electron chi connectivity index (χ2n) is 5.12. The van der Waals surface area contributed by atoms with Crippen LogP contribution in [0, 0.1) is 0 Å². The predicted octanol–water partition coefficient (Wildman–Crippen LogP) is 3.93. The van der Waals surface area contributed by atoms with E-state index in [2.05, 4.69) is 0 Å². The Morgan fingerprint density at radius 1 is 0.920 bits per heavy atom. The number of benzene rings is 2. The van der Waals surface area contributed by atoms with Crippen LogP contribution in [0.4, 0.5) is 0 Å². The Morgan fingerprint density at radius 3 is 2.20 bits per heavy atom. The molecule has 0 aliphatic heterocycles. The second-order valence-corrected chi connectivity index (χ2v) is 5.12. The van der Waals surface area contributed by atoms with Crippen LogP contribution in [0.25, 0.3) is 5.57 Å². The third-order valence-corrected chi connectivity index (χ3v) is 3.30. The van der Waals surface area contributed by atoms with Gasteiger partial charge in [-0.3, -0.25) is 0 Å². The first kappa shape index (κ1) is 18.2. The largest absolute Gasteiger partial charge is 0.462 e. The van der Waals surface area contributed by atoms with Crippen molar-refractivity contribution in [1.82, 2.24) is 0 Å². The molecule has 0 N–H and O–H groups in total. The lowest BCUT2D eigenvalue weighted by molar-refractivity contribution is -0.139. The quantitative estimate of drug-likeness (QED) is 0.437. The summed E-state index contributed by atoms with van der Waals surface area (Å²) >= 11 is 0. The molecule has 0 heterocycles. The minimum atomic E-state index is -0.476. The van der Waals surface area contributed by atoms with Gasteiger partial charge in [0.15, 0.2) is 0 Å². The van der Waals surface area contributed by atoms with Gasteiger partial charge in [-0.05, 0) is 24.1 Å². The number of ether oxygens (including phenoxy) is 2. The Kier molecular flexibility index (Phi) is 7.19. The highest BCUT2D eigenvalue weighted by molar-refractivity contribution is 6.16. The Balaban J connectivity index is 2.02. The predicted molar refractivity (Wildman–Crippen MR) is 96.4 cm³/mol. The molecular formula is C21H20O4. The summed E-state index contributed by atoms with van der Waals surface area (Å²) in [6.45, 7) is 2.24. The number of hydrogen-bond donors (Lipinski definition) is 0. The number of carbonyl (C=O) groups is 2. The van der Waals surface area contributed by atoms with Gasteiger partial charge < -0.3 is 9.47 Å². The number of hydrogen-bond acceptors (Lipinski definition) is 4. The molecule has 2 aromatic rings. The summed E-state index contributed by atoms with van der Waals surface area (Å²) in [6, 6.07) is 18.6. The molecule has 0 aliphatic rings. The second kappa shape index (κ2) is 9.88. The first-order valence-corrected chi connectivity index (χ1v) is 8.02. The number of rotatable bonds is 7. The fraction of sp³-hybridized carbons (Fsp3) is 0.143. The Labute approximate surface area is 147 Å². The maximum atomic E-state index is 12.1. The third-order valence-electron chi connectivity index (χ3n) is 3.30. The molecule has 4 heteroatoms. The van der Waals surface area contributed by atoms with Crippen LogP contribution in [0.5, 0.6) is 0 Å². The van der Waals surface area contributed by atoms with Crippen LogP contribution >= 0.6 is 0 Å². The summed E-state index contributed by atoms with van der Waals surface area (Å²) in [5.41, 5.74) is 2.02. The van der Waals surface area contributed by atoms with Crippen LogP contribution in [0.1, 0.15) is 18.1 Å². The molecular weight excluding hydrogens is 316 g/mol. The van der Waals surface area contributed by atoms with E-state index in [4.69, 9.17) is 9.47 Å². The monoisotopic (exact) mass is 336 g/mol. The van der Waals surface area contributed by atoms with Crippen molar-refractivity contribution in [3.05, 3.63) is 90.0 Å². The van der Waals surface area contributed by atoms with Crippen LogP contribution in [-0.4, -0.2) is 18.5 Å². The lowest BCUT2D eigenvalue weighted by atomic mass is 10.1. The summed E-state index contributed by atoms with van der Waals surface area (Å²) < 4.78 is 10.2. The minimum absolute atomic E-state index is 0.206. The molecule has 0 aliphatic carbocycles. The smallest absolute Gasteiger partial charge is 0.338 e. The molecule has 2 aromatic carbocycles. The Bertz CT molecular complexity index is 746. The summed E-state index contributed by atoms with van der Waals surface area (Å²) in [6.07, 6.45) is 4.33. The van der Waals surface area contributed by atoms with Crippen molar-refractivity contribution in [1.29, 1.82) is 0 Å². The van der Waals surface area contributed by atoms with E-state index < -0.39 is 11.9 Å². The van der Waals surface area contributed by atoms with Crippen LogP contribution < -0.4 is 0 Å². The first-order chi connectivity index (χ1) is 12.2. The van der Waals surface area contributed by atoms with Crippen molar-refractivity contribution in [2.24, 2.45) is 0 Å². The van der Waals surface area contributed by atoms with E-state index in [1.807, 2.05) is 60.7 Å². The highest BCUT2D eigenvalue weighted by atomic mass is 16.5. The van der Waals surface area contributed by atoms with Crippen molar-refractivity contribution in [2.45, 2.75) is 13.5 Å². The molecule has 128 valence electrons. The molecule has 0 fully saturated rings. The molecule has 2 rings (SSSR count). The van der Waals surface area contributed by atoms with Crippen molar-refractivity contribution < 1.29 is 19.1 Å². The highest BCUT2D eigenvalue weighted by Gasteiger charge is 2.11. The molecule has 0 spiro atoms. The van der Waals surface area contributed by atoms with E-state index >= 15 is 0 Å². The van der Waals surface area contributed by atoms with Gasteiger partial charge in [0.2, 0.25) is 0 Å². The zero-order valence-electron chi connectivity index (χ0n) is 14.1. The lowest BCUT2D eigenvalue weighted by Gasteiger charge is -2.06. The average molecular weight is 336 g/mol. The zero-order chi connectivity index (χ0) is 17.9. The van der Waals surface area contributed by atoms with Crippen molar-refractivity contribution in [2.75, 3.05) is 6.61 Å². The van der Waals surface area contributed by atoms with Crippen molar-refractivity contribution in [3.8, 4) is 0 Å². The van der Waals surface area contributed by atoms with Gasteiger partial charge in [-0.2, -0.15) is 0 Å². The summed E-state index contributed by atoms with van der Waals surface area (Å²) in [7, 11) is 0. The molecule has 0 bridgehead atoms. The maximum absolute atomic E-state index is 12.1. The van der Waals surface area contributed by atoms with Gasteiger partial charge in [-0.15, -0.1) is 0 Å². The molecule has 0 saturated heterocycles. The molecule has 0 atom stereocenters. The molecule has 4 nitrogen and oxygen atoms in total. The van der Waals surface area contributed by atoms with Crippen LogP contribution in [0.2, 0.25) is 0 Å². The van der Waals surface area contributed by atoms with E-state index in [1.165, 1.54) is 12.2 Å². The third kappa shape index (κ3) is 6.11. The minimum Gasteiger partial charge on any atom is -0.462 e. The van der Waals surface area contributed by atoms with E-state index in [0.717, 1.165) is 11.1 Å². The number of esters is 2. The molecule has 0 saturated carbocycles. The molecule has 0 radical (unpaired) electrons. The van der Waals surface area contributed by atoms with E-state index in [0.29, 0.717) is 5.57 Å². The van der Waals surface area contributed by atoms with Crippen LogP contribution in [-0.2, 0) is 25.7 Å². The van der Waals surface area contributed by atoms with Gasteiger partial charge in [0.1, 0.15) is 6.61 Å². The highest BCUT2D eigenvalue weighted by Crippen LogP contribution is 2.16. The van der Waals surface area contributed by atoms with E-state index in [1.54, 1.807) is 13.0 Å². The Hall–Kier alpha value is -3.14. The van der Waals surface area contributed by atoms with Crippen molar-refractivity contribution in [3.63, 3.8) is 0 Å². The normalized spacial score (nSPS) is 11.3. The van der Waals surface area contributed by atoms with Crippen molar-refractivity contribution >= 4 is 17.5 Å². The molecule has 0 amide bonds. The van der Waals surface area contributed by atoms with Gasteiger partial charge in [0.25, 0.3) is 0 Å². The van der Waals surface area contributed by atoms with Crippen LogP contribution in [0.15, 0.2) is 78.9 Å². The number of allylic oxidation sites excluding steroid dienone is 2. The zero-order valence-corrected chi connectivity index (χ0v) is 14.1.